The van der Waals surface area contributed by atoms with Gasteiger partial charge in [-0.3, -0.25) is 9.69 Å². The summed E-state index contributed by atoms with van der Waals surface area (Å²) in [4.78, 5) is 14.7. The van der Waals surface area contributed by atoms with E-state index >= 15 is 0 Å². The fraction of sp³-hybridized carbons (Fsp3) is 0.238. The first-order valence-corrected chi connectivity index (χ1v) is 9.86. The first kappa shape index (κ1) is 19.5. The molecule has 0 bridgehead atoms. The number of para-hydroxylation sites is 1. The average Bonchev–Trinajstić information content (AvgIpc) is 2.94. The second kappa shape index (κ2) is 8.59. The maximum absolute atomic E-state index is 12.4. The van der Waals surface area contributed by atoms with Crippen LogP contribution in [0, 0.1) is 6.92 Å². The normalized spacial score (nSPS) is 15.5. The maximum atomic E-state index is 12.4. The monoisotopic (exact) mass is 399 g/mol. The first-order chi connectivity index (χ1) is 13.0. The van der Waals surface area contributed by atoms with Crippen molar-refractivity contribution in [1.82, 2.24) is 4.90 Å². The highest BCUT2D eigenvalue weighted by Gasteiger charge is 2.30. The van der Waals surface area contributed by atoms with Crippen LogP contribution >= 0.6 is 24.0 Å². The van der Waals surface area contributed by atoms with Crippen LogP contribution in [0.15, 0.2) is 47.4 Å². The summed E-state index contributed by atoms with van der Waals surface area (Å²) in [6, 6.07) is 13.7. The molecule has 1 saturated heterocycles. The van der Waals surface area contributed by atoms with E-state index in [-0.39, 0.29) is 5.91 Å². The van der Waals surface area contributed by atoms with E-state index in [0.717, 1.165) is 28.2 Å². The molecule has 1 amide bonds. The van der Waals surface area contributed by atoms with Gasteiger partial charge in [0, 0.05) is 12.1 Å². The van der Waals surface area contributed by atoms with E-state index < -0.39 is 0 Å². The lowest BCUT2D eigenvalue weighted by Crippen LogP contribution is -2.27. The number of aryl methyl sites for hydroxylation is 1. The zero-order valence-electron chi connectivity index (χ0n) is 15.5. The minimum atomic E-state index is -0.0407. The van der Waals surface area contributed by atoms with Crippen LogP contribution in [0.4, 0.5) is 0 Å². The number of methoxy groups -OCH3 is 1. The number of carbonyl (C=O) groups excluding carboxylic acids is 1. The van der Waals surface area contributed by atoms with Crippen LogP contribution in [0.1, 0.15) is 23.6 Å². The highest BCUT2D eigenvalue weighted by molar-refractivity contribution is 8.26. The molecule has 2 aromatic carbocycles. The van der Waals surface area contributed by atoms with Gasteiger partial charge in [0.2, 0.25) is 0 Å². The average molecular weight is 400 g/mol. The Morgan fingerprint density at radius 3 is 2.63 bits per heavy atom. The number of benzene rings is 2. The van der Waals surface area contributed by atoms with Crippen molar-refractivity contribution >= 4 is 40.3 Å². The minimum absolute atomic E-state index is 0.0407. The van der Waals surface area contributed by atoms with Gasteiger partial charge >= 0.3 is 0 Å². The number of thiocarbonyl (C=S) groups is 1. The van der Waals surface area contributed by atoms with E-state index in [9.17, 15) is 4.79 Å². The maximum Gasteiger partial charge on any atom is 0.266 e. The van der Waals surface area contributed by atoms with Gasteiger partial charge < -0.3 is 9.47 Å². The summed E-state index contributed by atoms with van der Waals surface area (Å²) in [5.74, 6) is 1.55. The Morgan fingerprint density at radius 1 is 1.19 bits per heavy atom. The molecular formula is C21H21NO3S2. The summed E-state index contributed by atoms with van der Waals surface area (Å²) < 4.78 is 12.0. The van der Waals surface area contributed by atoms with Gasteiger partial charge in [0.05, 0.1) is 12.0 Å². The van der Waals surface area contributed by atoms with Crippen LogP contribution in [0.25, 0.3) is 6.08 Å². The molecule has 2 aromatic rings. The SMILES string of the molecule is CCN1C(=O)C(=Cc2ccc(OC)c(COc3ccccc3C)c2)SC1=S. The van der Waals surface area contributed by atoms with Crippen molar-refractivity contribution in [2.75, 3.05) is 13.7 Å². The Labute approximate surface area is 169 Å². The minimum Gasteiger partial charge on any atom is -0.496 e. The highest BCUT2D eigenvalue weighted by atomic mass is 32.2. The van der Waals surface area contributed by atoms with Crippen LogP contribution in [0.5, 0.6) is 11.5 Å². The van der Waals surface area contributed by atoms with Crippen LogP contribution in [-0.2, 0) is 11.4 Å². The molecule has 0 aliphatic carbocycles. The Hall–Kier alpha value is -2.31. The fourth-order valence-electron chi connectivity index (χ4n) is 2.80. The largest absolute Gasteiger partial charge is 0.496 e. The van der Waals surface area contributed by atoms with Crippen molar-refractivity contribution in [3.8, 4) is 11.5 Å². The number of likely N-dealkylation sites (N-methyl/N-ethyl adjacent to an activating group) is 1. The number of carbonyl (C=O) groups is 1. The summed E-state index contributed by atoms with van der Waals surface area (Å²) >= 11 is 6.61. The summed E-state index contributed by atoms with van der Waals surface area (Å²) in [5.41, 5.74) is 2.91. The third kappa shape index (κ3) is 4.34. The molecule has 0 N–H and O–H groups in total. The van der Waals surface area contributed by atoms with E-state index in [1.54, 1.807) is 12.0 Å². The molecule has 3 rings (SSSR count). The number of nitrogens with zero attached hydrogens (tertiary/aromatic N) is 1. The molecule has 1 heterocycles. The standard InChI is InChI=1S/C21H21NO3S2/c1-4-22-20(23)19(27-21(22)26)12-15-9-10-18(24-3)16(11-15)13-25-17-8-6-5-7-14(17)2/h5-12H,4,13H2,1-3H3. The zero-order valence-corrected chi connectivity index (χ0v) is 17.2. The summed E-state index contributed by atoms with van der Waals surface area (Å²) in [5, 5.41) is 0. The van der Waals surface area contributed by atoms with Crippen molar-refractivity contribution in [3.63, 3.8) is 0 Å². The topological polar surface area (TPSA) is 38.8 Å². The third-order valence-electron chi connectivity index (χ3n) is 4.27. The highest BCUT2D eigenvalue weighted by Crippen LogP contribution is 2.33. The molecule has 6 heteroatoms. The molecule has 1 aliphatic heterocycles. The van der Waals surface area contributed by atoms with E-state index in [1.165, 1.54) is 11.8 Å². The molecule has 0 saturated carbocycles. The quantitative estimate of drug-likeness (QED) is 0.515. The van der Waals surface area contributed by atoms with Gasteiger partial charge in [-0.1, -0.05) is 48.2 Å². The predicted molar refractivity (Wildman–Crippen MR) is 114 cm³/mol. The van der Waals surface area contributed by atoms with Crippen LogP contribution in [0.2, 0.25) is 0 Å². The van der Waals surface area contributed by atoms with Crippen LogP contribution in [0.3, 0.4) is 0 Å². The van der Waals surface area contributed by atoms with E-state index in [4.69, 9.17) is 21.7 Å². The smallest absolute Gasteiger partial charge is 0.266 e. The van der Waals surface area contributed by atoms with Crippen molar-refractivity contribution in [1.29, 1.82) is 0 Å². The number of ether oxygens (including phenoxy) is 2. The van der Waals surface area contributed by atoms with Gasteiger partial charge in [-0.25, -0.2) is 0 Å². The molecule has 0 atom stereocenters. The van der Waals surface area contributed by atoms with Gasteiger partial charge in [0.25, 0.3) is 5.91 Å². The van der Waals surface area contributed by atoms with Crippen LogP contribution < -0.4 is 9.47 Å². The fourth-order valence-corrected chi connectivity index (χ4v) is 4.18. The van der Waals surface area contributed by atoms with Crippen molar-refractivity contribution in [2.24, 2.45) is 0 Å². The molecular weight excluding hydrogens is 378 g/mol. The number of hydrogen-bond acceptors (Lipinski definition) is 5. The Bertz CT molecular complexity index is 908. The lowest BCUT2D eigenvalue weighted by Gasteiger charge is -2.13. The molecule has 140 valence electrons. The number of thioether (sulfide) groups is 1. The molecule has 1 aliphatic rings. The molecule has 0 aromatic heterocycles. The second-order valence-electron chi connectivity index (χ2n) is 6.05. The molecule has 0 radical (unpaired) electrons. The Balaban J connectivity index is 1.84. The van der Waals surface area contributed by atoms with E-state index in [2.05, 4.69) is 0 Å². The Kier molecular flexibility index (Phi) is 6.19. The first-order valence-electron chi connectivity index (χ1n) is 8.64. The Morgan fingerprint density at radius 2 is 1.96 bits per heavy atom. The number of amides is 1. The van der Waals surface area contributed by atoms with Crippen LogP contribution in [-0.4, -0.2) is 28.8 Å². The zero-order chi connectivity index (χ0) is 19.4. The lowest BCUT2D eigenvalue weighted by atomic mass is 10.1. The van der Waals surface area contributed by atoms with Crippen molar-refractivity contribution < 1.29 is 14.3 Å². The molecule has 4 nitrogen and oxygen atoms in total. The summed E-state index contributed by atoms with van der Waals surface area (Å²) in [7, 11) is 1.64. The molecule has 1 fully saturated rings. The molecule has 0 unspecified atom stereocenters. The van der Waals surface area contributed by atoms with Crippen molar-refractivity contribution in [3.05, 3.63) is 64.1 Å². The number of rotatable bonds is 6. The second-order valence-corrected chi connectivity index (χ2v) is 7.73. The summed E-state index contributed by atoms with van der Waals surface area (Å²) in [6.07, 6.45) is 1.87. The molecule has 27 heavy (non-hydrogen) atoms. The summed E-state index contributed by atoms with van der Waals surface area (Å²) in [6.45, 7) is 4.90. The molecule has 0 spiro atoms. The van der Waals surface area contributed by atoms with E-state index in [1.807, 2.05) is 62.4 Å². The van der Waals surface area contributed by atoms with Gasteiger partial charge in [-0.2, -0.15) is 0 Å². The third-order valence-corrected chi connectivity index (χ3v) is 5.65. The van der Waals surface area contributed by atoms with Gasteiger partial charge in [0.1, 0.15) is 22.4 Å². The lowest BCUT2D eigenvalue weighted by molar-refractivity contribution is -0.121. The number of hydrogen-bond donors (Lipinski definition) is 0. The van der Waals surface area contributed by atoms with E-state index in [0.29, 0.717) is 22.4 Å². The van der Waals surface area contributed by atoms with Crippen molar-refractivity contribution in [2.45, 2.75) is 20.5 Å². The van der Waals surface area contributed by atoms with Gasteiger partial charge in [0.15, 0.2) is 0 Å². The van der Waals surface area contributed by atoms with Gasteiger partial charge in [-0.15, -0.1) is 0 Å². The van der Waals surface area contributed by atoms with Gasteiger partial charge in [-0.05, 0) is 49.2 Å². The predicted octanol–water partition coefficient (Wildman–Crippen LogP) is 4.80.